The fourth-order valence-corrected chi connectivity index (χ4v) is 4.59. The van der Waals surface area contributed by atoms with Gasteiger partial charge >= 0.3 is 5.97 Å². The van der Waals surface area contributed by atoms with Crippen molar-refractivity contribution in [2.75, 3.05) is 19.7 Å². The molecule has 1 saturated carbocycles. The number of rotatable bonds is 4. The quantitative estimate of drug-likeness (QED) is 0.781. The Hall–Kier alpha value is -2.90. The second-order valence-electron chi connectivity index (χ2n) is 7.97. The van der Waals surface area contributed by atoms with Crippen molar-refractivity contribution in [3.63, 3.8) is 0 Å². The lowest BCUT2D eigenvalue weighted by molar-refractivity contribution is -0.154. The topological polar surface area (TPSA) is 101 Å². The lowest BCUT2D eigenvalue weighted by Crippen LogP contribution is -2.46. The Bertz CT molecular complexity index is 1040. The van der Waals surface area contributed by atoms with Crippen LogP contribution in [0.1, 0.15) is 32.1 Å². The maximum absolute atomic E-state index is 12.4. The van der Waals surface area contributed by atoms with Crippen LogP contribution in [0, 0.1) is 11.8 Å². The minimum atomic E-state index is -0.737. The molecule has 1 aliphatic heterocycles. The zero-order chi connectivity index (χ0) is 20.4. The summed E-state index contributed by atoms with van der Waals surface area (Å²) < 4.78 is 6.01. The molecular formula is C21H25N3O5. The maximum Gasteiger partial charge on any atom is 0.328 e. The molecule has 0 spiro atoms. The van der Waals surface area contributed by atoms with Crippen LogP contribution in [0.3, 0.4) is 0 Å². The number of esters is 1. The smallest absolute Gasteiger partial charge is 0.328 e. The number of nitrogens with zero attached hydrogens (tertiary/aromatic N) is 2. The van der Waals surface area contributed by atoms with E-state index in [0.29, 0.717) is 18.4 Å². The Balaban J connectivity index is 1.35. The van der Waals surface area contributed by atoms with Gasteiger partial charge in [0.05, 0.1) is 10.8 Å². The first-order chi connectivity index (χ1) is 14.0. The fraction of sp³-hybridized carbons (Fsp3) is 0.524. The zero-order valence-corrected chi connectivity index (χ0v) is 16.3. The summed E-state index contributed by atoms with van der Waals surface area (Å²) in [6.45, 7) is 0.646. The molecule has 4 rings (SSSR count). The van der Waals surface area contributed by atoms with Gasteiger partial charge in [-0.3, -0.25) is 24.3 Å². The number of ether oxygens (including phenoxy) is 1. The first kappa shape index (κ1) is 19.4. The molecule has 8 nitrogen and oxygen atoms in total. The Labute approximate surface area is 167 Å². The molecular weight excluding hydrogens is 374 g/mol. The summed E-state index contributed by atoms with van der Waals surface area (Å²) in [4.78, 5) is 50.9. The van der Waals surface area contributed by atoms with Gasteiger partial charge in [0.2, 0.25) is 0 Å². The second-order valence-corrected chi connectivity index (χ2v) is 7.97. The van der Waals surface area contributed by atoms with E-state index in [1.54, 1.807) is 23.1 Å². The van der Waals surface area contributed by atoms with Crippen LogP contribution in [0.15, 0.2) is 33.9 Å². The molecule has 1 aliphatic carbocycles. The standard InChI is InChI=1S/C21H25N3O5/c25-18(23-10-9-14-5-1-2-6-15(14)11-23)13-29-19(26)12-24-21(28)17-8-4-3-7-16(17)20(27)22-24/h3-4,7-8,14-15H,1-2,5-6,9-13H2,(H,22,27)/t14-,15-/m0/s1. The van der Waals surface area contributed by atoms with Gasteiger partial charge in [-0.1, -0.05) is 31.4 Å². The van der Waals surface area contributed by atoms with E-state index in [9.17, 15) is 19.2 Å². The first-order valence-electron chi connectivity index (χ1n) is 10.2. The number of hydrogen-bond donors (Lipinski definition) is 1. The van der Waals surface area contributed by atoms with Gasteiger partial charge in [-0.25, -0.2) is 4.68 Å². The minimum Gasteiger partial charge on any atom is -0.454 e. The van der Waals surface area contributed by atoms with Gasteiger partial charge < -0.3 is 9.64 Å². The number of benzene rings is 1. The third kappa shape index (κ3) is 4.11. The van der Waals surface area contributed by atoms with E-state index >= 15 is 0 Å². The molecule has 2 atom stereocenters. The van der Waals surface area contributed by atoms with Crippen molar-refractivity contribution >= 4 is 22.6 Å². The largest absolute Gasteiger partial charge is 0.454 e. The molecule has 0 unspecified atom stereocenters. The molecule has 2 aliphatic rings. The lowest BCUT2D eigenvalue weighted by atomic mass is 9.75. The Kier molecular flexibility index (Phi) is 5.51. The lowest BCUT2D eigenvalue weighted by Gasteiger charge is -2.41. The minimum absolute atomic E-state index is 0.207. The number of piperidine rings is 1. The van der Waals surface area contributed by atoms with E-state index in [1.807, 2.05) is 0 Å². The molecule has 1 saturated heterocycles. The van der Waals surface area contributed by atoms with E-state index in [4.69, 9.17) is 4.74 Å². The molecule has 2 aromatic rings. The van der Waals surface area contributed by atoms with E-state index in [1.165, 1.54) is 25.3 Å². The highest BCUT2D eigenvalue weighted by Gasteiger charge is 2.33. The van der Waals surface area contributed by atoms with Crippen LogP contribution < -0.4 is 11.1 Å². The number of nitrogens with one attached hydrogen (secondary N) is 1. The first-order valence-corrected chi connectivity index (χ1v) is 10.2. The number of amides is 1. The van der Waals surface area contributed by atoms with Crippen LogP contribution in [0.5, 0.6) is 0 Å². The maximum atomic E-state index is 12.4. The SMILES string of the molecule is O=C(Cn1[nH]c(=O)c2ccccc2c1=O)OCC(=O)N1CC[C@@H]2CCCC[C@H]2C1. The normalized spacial score (nSPS) is 21.6. The van der Waals surface area contributed by atoms with E-state index < -0.39 is 23.6 Å². The Morgan fingerprint density at radius 3 is 2.55 bits per heavy atom. The fourth-order valence-electron chi connectivity index (χ4n) is 4.59. The summed E-state index contributed by atoms with van der Waals surface area (Å²) in [6, 6.07) is 6.40. The van der Waals surface area contributed by atoms with Crippen molar-refractivity contribution in [2.45, 2.75) is 38.6 Å². The summed E-state index contributed by atoms with van der Waals surface area (Å²) >= 11 is 0. The van der Waals surface area contributed by atoms with Crippen molar-refractivity contribution < 1.29 is 14.3 Å². The number of likely N-dealkylation sites (tertiary alicyclic amines) is 1. The van der Waals surface area contributed by atoms with Crippen molar-refractivity contribution in [1.82, 2.24) is 14.7 Å². The summed E-state index contributed by atoms with van der Waals surface area (Å²) in [5.74, 6) is 0.325. The Morgan fingerprint density at radius 1 is 1.03 bits per heavy atom. The third-order valence-corrected chi connectivity index (χ3v) is 6.17. The van der Waals surface area contributed by atoms with Gasteiger partial charge in [-0.2, -0.15) is 0 Å². The number of aromatic nitrogens is 2. The predicted octanol–water partition coefficient (Wildman–Crippen LogP) is 1.27. The summed E-state index contributed by atoms with van der Waals surface area (Å²) in [5.41, 5.74) is -0.942. The number of carbonyl (C=O) groups excluding carboxylic acids is 2. The van der Waals surface area contributed by atoms with Gasteiger partial charge in [0, 0.05) is 13.1 Å². The molecule has 29 heavy (non-hydrogen) atoms. The highest BCUT2D eigenvalue weighted by atomic mass is 16.5. The molecule has 2 fully saturated rings. The van der Waals surface area contributed by atoms with Gasteiger partial charge in [-0.05, 0) is 36.8 Å². The van der Waals surface area contributed by atoms with Crippen LogP contribution >= 0.6 is 0 Å². The molecule has 0 radical (unpaired) electrons. The molecule has 154 valence electrons. The highest BCUT2D eigenvalue weighted by Crippen LogP contribution is 2.35. The van der Waals surface area contributed by atoms with E-state index in [2.05, 4.69) is 5.10 Å². The monoisotopic (exact) mass is 399 g/mol. The van der Waals surface area contributed by atoms with Gasteiger partial charge in [-0.15, -0.1) is 0 Å². The van der Waals surface area contributed by atoms with Crippen molar-refractivity contribution in [3.8, 4) is 0 Å². The average molecular weight is 399 g/mol. The van der Waals surface area contributed by atoms with Crippen molar-refractivity contribution in [3.05, 3.63) is 45.0 Å². The third-order valence-electron chi connectivity index (χ3n) is 6.17. The van der Waals surface area contributed by atoms with Crippen LogP contribution in [-0.2, 0) is 20.9 Å². The molecule has 2 heterocycles. The van der Waals surface area contributed by atoms with Gasteiger partial charge in [0.15, 0.2) is 6.61 Å². The number of hydrogen-bond acceptors (Lipinski definition) is 5. The molecule has 8 heteroatoms. The van der Waals surface area contributed by atoms with Crippen LogP contribution in [-0.4, -0.2) is 46.3 Å². The van der Waals surface area contributed by atoms with Crippen LogP contribution in [0.4, 0.5) is 0 Å². The number of aromatic amines is 1. The molecule has 1 aromatic heterocycles. The van der Waals surface area contributed by atoms with Gasteiger partial charge in [0.25, 0.3) is 17.0 Å². The van der Waals surface area contributed by atoms with E-state index in [-0.39, 0.29) is 23.3 Å². The molecule has 1 N–H and O–H groups in total. The van der Waals surface area contributed by atoms with Crippen molar-refractivity contribution in [2.24, 2.45) is 11.8 Å². The summed E-state index contributed by atoms with van der Waals surface area (Å²) in [7, 11) is 0. The Morgan fingerprint density at radius 2 is 1.76 bits per heavy atom. The second kappa shape index (κ2) is 8.23. The van der Waals surface area contributed by atoms with Gasteiger partial charge in [0.1, 0.15) is 6.54 Å². The van der Waals surface area contributed by atoms with E-state index in [0.717, 1.165) is 24.1 Å². The zero-order valence-electron chi connectivity index (χ0n) is 16.3. The molecule has 0 bridgehead atoms. The highest BCUT2D eigenvalue weighted by molar-refractivity contribution is 5.82. The molecule has 1 amide bonds. The molecule has 1 aromatic carbocycles. The predicted molar refractivity (Wildman–Crippen MR) is 106 cm³/mol. The number of H-pyrrole nitrogens is 1. The average Bonchev–Trinajstić information content (AvgIpc) is 2.75. The summed E-state index contributed by atoms with van der Waals surface area (Å²) in [5, 5.41) is 2.88. The van der Waals surface area contributed by atoms with Crippen molar-refractivity contribution in [1.29, 1.82) is 0 Å². The number of fused-ring (bicyclic) bond motifs is 2. The summed E-state index contributed by atoms with van der Waals surface area (Å²) in [6.07, 6.45) is 5.92. The number of carbonyl (C=O) groups is 2. The van der Waals surface area contributed by atoms with Crippen LogP contribution in [0.25, 0.3) is 10.8 Å². The van der Waals surface area contributed by atoms with Crippen LogP contribution in [0.2, 0.25) is 0 Å².